The summed E-state index contributed by atoms with van der Waals surface area (Å²) in [7, 11) is 1.51. The van der Waals surface area contributed by atoms with Gasteiger partial charge in [-0.3, -0.25) is 14.5 Å². The number of nitrogens with zero attached hydrogens (tertiary/aromatic N) is 1. The van der Waals surface area contributed by atoms with Crippen LogP contribution in [-0.4, -0.2) is 26.2 Å². The number of rotatable bonds is 9. The smallest absolute Gasteiger partial charge is 0.295 e. The minimum atomic E-state index is -0.819. The number of carbonyl (C=O) groups is 1. The highest BCUT2D eigenvalue weighted by Crippen LogP contribution is 2.44. The molecule has 3 aromatic carbocycles. The molecule has 2 heterocycles. The van der Waals surface area contributed by atoms with Crippen molar-refractivity contribution in [3.05, 3.63) is 91.8 Å². The number of unbranched alkanes of at least 4 members (excludes halogenated alkanes) is 1. The van der Waals surface area contributed by atoms with E-state index in [1.165, 1.54) is 12.0 Å². The predicted molar refractivity (Wildman–Crippen MR) is 152 cm³/mol. The van der Waals surface area contributed by atoms with Crippen molar-refractivity contribution in [2.45, 2.75) is 32.7 Å². The van der Waals surface area contributed by atoms with E-state index in [2.05, 4.69) is 6.92 Å². The lowest BCUT2D eigenvalue weighted by Crippen LogP contribution is -2.29. The quantitative estimate of drug-likeness (QED) is 0.195. The molecule has 5 rings (SSSR count). The first kappa shape index (κ1) is 26.9. The molecule has 0 fully saturated rings. The Hall–Kier alpha value is -3.68. The highest BCUT2D eigenvalue weighted by atomic mass is 35.5. The van der Waals surface area contributed by atoms with Gasteiger partial charge < -0.3 is 18.6 Å². The summed E-state index contributed by atoms with van der Waals surface area (Å²) in [6.45, 7) is 4.93. The van der Waals surface area contributed by atoms with Gasteiger partial charge in [-0.05, 0) is 67.4 Å². The van der Waals surface area contributed by atoms with Crippen molar-refractivity contribution in [3.63, 3.8) is 0 Å². The third-order valence-corrected chi connectivity index (χ3v) is 7.12. The zero-order chi connectivity index (χ0) is 27.7. The Kier molecular flexibility index (Phi) is 7.73. The Morgan fingerprint density at radius 3 is 2.44 bits per heavy atom. The van der Waals surface area contributed by atoms with Gasteiger partial charge in [-0.2, -0.15) is 0 Å². The van der Waals surface area contributed by atoms with Crippen molar-refractivity contribution in [2.75, 3.05) is 25.2 Å². The van der Waals surface area contributed by atoms with Gasteiger partial charge in [0.15, 0.2) is 16.9 Å². The average molecular weight is 568 g/mol. The summed E-state index contributed by atoms with van der Waals surface area (Å²) in [6, 6.07) is 14.4. The van der Waals surface area contributed by atoms with Crippen molar-refractivity contribution < 1.29 is 23.4 Å². The van der Waals surface area contributed by atoms with Gasteiger partial charge in [0, 0.05) is 10.7 Å². The maximum Gasteiger partial charge on any atom is 0.295 e. The second-order valence-corrected chi connectivity index (χ2v) is 9.90. The van der Waals surface area contributed by atoms with Crippen LogP contribution in [0.4, 0.5) is 5.69 Å². The standard InChI is InChI=1S/C30H27Cl2NO6/c1-4-6-13-38-24-10-7-17(14-25(24)37-5-2)27-26-28(34)20-15-18(31)8-11-22(20)39-29(26)30(35)33(27)19-9-12-23(36-3)21(32)16-19/h7-12,14-16,27H,4-6,13H2,1-3H3. The van der Waals surface area contributed by atoms with E-state index < -0.39 is 11.9 Å². The lowest BCUT2D eigenvalue weighted by atomic mass is 9.97. The molecule has 39 heavy (non-hydrogen) atoms. The first-order chi connectivity index (χ1) is 18.9. The molecule has 0 N–H and O–H groups in total. The third kappa shape index (κ3) is 4.92. The van der Waals surface area contributed by atoms with Crippen molar-refractivity contribution in [1.29, 1.82) is 0 Å². The van der Waals surface area contributed by atoms with Crippen LogP contribution in [0, 0.1) is 0 Å². The summed E-state index contributed by atoms with van der Waals surface area (Å²) in [5, 5.41) is 1.00. The fraction of sp³-hybridized carbons (Fsp3) is 0.267. The Bertz CT molecular complexity index is 1620. The number of halogens is 2. The first-order valence-corrected chi connectivity index (χ1v) is 13.5. The molecule has 1 aliphatic heterocycles. The fourth-order valence-electron chi connectivity index (χ4n) is 4.74. The van der Waals surface area contributed by atoms with E-state index in [1.807, 2.05) is 13.0 Å². The molecular weight excluding hydrogens is 541 g/mol. The molecule has 1 aliphatic rings. The van der Waals surface area contributed by atoms with E-state index in [4.69, 9.17) is 41.8 Å². The summed E-state index contributed by atoms with van der Waals surface area (Å²) >= 11 is 12.6. The number of benzene rings is 3. The van der Waals surface area contributed by atoms with E-state index in [1.54, 1.807) is 48.5 Å². The molecular formula is C30H27Cl2NO6. The molecule has 202 valence electrons. The Morgan fingerprint density at radius 2 is 1.72 bits per heavy atom. The Balaban J connectivity index is 1.72. The van der Waals surface area contributed by atoms with E-state index in [9.17, 15) is 9.59 Å². The maximum atomic E-state index is 13.9. The second-order valence-electron chi connectivity index (χ2n) is 9.05. The molecule has 0 saturated heterocycles. The summed E-state index contributed by atoms with van der Waals surface area (Å²) < 4.78 is 23.2. The van der Waals surface area contributed by atoms with Gasteiger partial charge in [-0.15, -0.1) is 0 Å². The van der Waals surface area contributed by atoms with Crippen LogP contribution in [0.1, 0.15) is 54.4 Å². The zero-order valence-corrected chi connectivity index (χ0v) is 23.3. The molecule has 0 saturated carbocycles. The summed E-state index contributed by atoms with van der Waals surface area (Å²) in [4.78, 5) is 29.3. The van der Waals surface area contributed by atoms with Crippen molar-refractivity contribution >= 4 is 45.8 Å². The molecule has 4 aromatic rings. The summed E-state index contributed by atoms with van der Waals surface area (Å²) in [5.41, 5.74) is 1.28. The molecule has 0 bridgehead atoms. The number of ether oxygens (including phenoxy) is 3. The van der Waals surface area contributed by atoms with Gasteiger partial charge in [0.25, 0.3) is 5.91 Å². The van der Waals surface area contributed by atoms with Gasteiger partial charge in [0.1, 0.15) is 11.3 Å². The number of fused-ring (bicyclic) bond motifs is 2. The van der Waals surface area contributed by atoms with Crippen molar-refractivity contribution in [1.82, 2.24) is 0 Å². The Morgan fingerprint density at radius 1 is 0.923 bits per heavy atom. The Labute approximate surface area is 235 Å². The van der Waals surface area contributed by atoms with Crippen LogP contribution in [-0.2, 0) is 0 Å². The summed E-state index contributed by atoms with van der Waals surface area (Å²) in [6.07, 6.45) is 1.90. The number of methoxy groups -OCH3 is 1. The molecule has 0 radical (unpaired) electrons. The van der Waals surface area contributed by atoms with Gasteiger partial charge >= 0.3 is 0 Å². The topological polar surface area (TPSA) is 78.2 Å². The molecule has 9 heteroatoms. The number of hydrogen-bond donors (Lipinski definition) is 0. The van der Waals surface area contributed by atoms with Gasteiger partial charge in [-0.25, -0.2) is 0 Å². The maximum absolute atomic E-state index is 13.9. The second kappa shape index (κ2) is 11.2. The van der Waals surface area contributed by atoms with E-state index in [-0.39, 0.29) is 22.3 Å². The fourth-order valence-corrected chi connectivity index (χ4v) is 5.16. The highest BCUT2D eigenvalue weighted by Gasteiger charge is 2.44. The SMILES string of the molecule is CCCCOc1ccc(C2c3c(oc4ccc(Cl)cc4c3=O)C(=O)N2c2ccc(OC)c(Cl)c2)cc1OCC. The monoisotopic (exact) mass is 567 g/mol. The minimum absolute atomic E-state index is 0.0343. The molecule has 1 aromatic heterocycles. The van der Waals surface area contributed by atoms with Crippen LogP contribution in [0.2, 0.25) is 10.0 Å². The van der Waals surface area contributed by atoms with Gasteiger partial charge in [-0.1, -0.05) is 42.6 Å². The molecule has 1 amide bonds. The first-order valence-electron chi connectivity index (χ1n) is 12.7. The van der Waals surface area contributed by atoms with Gasteiger partial charge in [0.2, 0.25) is 5.76 Å². The largest absolute Gasteiger partial charge is 0.495 e. The normalized spacial score (nSPS) is 14.5. The van der Waals surface area contributed by atoms with E-state index in [0.29, 0.717) is 57.1 Å². The highest BCUT2D eigenvalue weighted by molar-refractivity contribution is 6.32. The van der Waals surface area contributed by atoms with Crippen molar-refractivity contribution in [3.8, 4) is 17.2 Å². The van der Waals surface area contributed by atoms with Crippen LogP contribution in [0.3, 0.4) is 0 Å². The number of anilines is 1. The van der Waals surface area contributed by atoms with E-state index in [0.717, 1.165) is 12.8 Å². The lowest BCUT2D eigenvalue weighted by Gasteiger charge is -2.26. The third-order valence-electron chi connectivity index (χ3n) is 6.58. The predicted octanol–water partition coefficient (Wildman–Crippen LogP) is 7.44. The van der Waals surface area contributed by atoms with Crippen LogP contribution in [0.5, 0.6) is 17.2 Å². The van der Waals surface area contributed by atoms with E-state index >= 15 is 0 Å². The van der Waals surface area contributed by atoms with Crippen LogP contribution < -0.4 is 24.5 Å². The van der Waals surface area contributed by atoms with Gasteiger partial charge in [0.05, 0.1) is 42.3 Å². The molecule has 1 atom stereocenters. The van der Waals surface area contributed by atoms with Crippen LogP contribution in [0.25, 0.3) is 11.0 Å². The van der Waals surface area contributed by atoms with Crippen LogP contribution in [0.15, 0.2) is 63.8 Å². The molecule has 0 spiro atoms. The minimum Gasteiger partial charge on any atom is -0.495 e. The lowest BCUT2D eigenvalue weighted by molar-refractivity contribution is 0.0971. The average Bonchev–Trinajstić information content (AvgIpc) is 3.22. The summed E-state index contributed by atoms with van der Waals surface area (Å²) in [5.74, 6) is 1.07. The number of amides is 1. The van der Waals surface area contributed by atoms with Crippen molar-refractivity contribution in [2.24, 2.45) is 0 Å². The van der Waals surface area contributed by atoms with Crippen LogP contribution >= 0.6 is 23.2 Å². The zero-order valence-electron chi connectivity index (χ0n) is 21.8. The molecule has 7 nitrogen and oxygen atoms in total. The molecule has 1 unspecified atom stereocenters. The number of carbonyl (C=O) groups excluding carboxylic acids is 1. The number of hydrogen-bond acceptors (Lipinski definition) is 6. The molecule has 0 aliphatic carbocycles.